The minimum atomic E-state index is -0.775. The van der Waals surface area contributed by atoms with E-state index in [9.17, 15) is 14.4 Å². The van der Waals surface area contributed by atoms with Crippen LogP contribution in [0.25, 0.3) is 0 Å². The van der Waals surface area contributed by atoms with Gasteiger partial charge in [0.15, 0.2) is 6.10 Å². The molecule has 6 heteroatoms. The predicted molar refractivity (Wildman–Crippen MR) is 307 cm³/mol. The van der Waals surface area contributed by atoms with Gasteiger partial charge in [-0.05, 0) is 83.5 Å². The molecule has 0 aliphatic carbocycles. The molecule has 0 saturated carbocycles. The van der Waals surface area contributed by atoms with E-state index in [1.165, 1.54) is 205 Å². The van der Waals surface area contributed by atoms with E-state index < -0.39 is 6.10 Å². The molecule has 6 nitrogen and oxygen atoms in total. The molecule has 1 atom stereocenters. The molecule has 0 fully saturated rings. The molecule has 0 amide bonds. The molecule has 0 aromatic carbocycles. The van der Waals surface area contributed by atoms with Crippen LogP contribution in [-0.2, 0) is 28.6 Å². The second kappa shape index (κ2) is 59.9. The van der Waals surface area contributed by atoms with Crippen molar-refractivity contribution in [3.63, 3.8) is 0 Å². The number of rotatable bonds is 57. The monoisotopic (exact) mass is 995 g/mol. The minimum Gasteiger partial charge on any atom is -0.462 e. The zero-order valence-electron chi connectivity index (χ0n) is 47.5. The first-order chi connectivity index (χ1) is 35.0. The van der Waals surface area contributed by atoms with Crippen LogP contribution in [0.2, 0.25) is 0 Å². The zero-order valence-corrected chi connectivity index (χ0v) is 47.5. The SMILES string of the molecule is CCCCC/C=C\C/C=C\C/C=C\CCCCCCCCC(=O)OC(COC(=O)CCCCCCC)COC(=O)CCCCCCCCCCCCCCCCCCC/C=C\CCCCCCCCCC. The molecule has 0 aliphatic heterocycles. The van der Waals surface area contributed by atoms with Crippen LogP contribution in [0.15, 0.2) is 48.6 Å². The number of carbonyl (C=O) groups is 3. The standard InChI is InChI=1S/C65H118O6/c1-4-7-10-13-15-17-19-21-23-25-27-28-29-30-31-32-33-34-35-36-38-39-41-43-45-47-49-52-55-58-64(67)70-61-62(60-69-63(66)57-54-51-12-9-6-3)71-65(68)59-56-53-50-48-46-44-42-40-37-26-24-22-20-18-16-14-11-8-5-2/h16,18,22,24-25,27,37,40,62H,4-15,17,19-21,23,26,28-36,38-39,41-61H2,1-3H3/b18-16-,24-22-,27-25-,40-37-. The molecule has 0 saturated heterocycles. The van der Waals surface area contributed by atoms with E-state index in [1.807, 2.05) is 0 Å². The Bertz CT molecular complexity index is 1230. The maximum Gasteiger partial charge on any atom is 0.306 e. The van der Waals surface area contributed by atoms with E-state index in [1.54, 1.807) is 0 Å². The topological polar surface area (TPSA) is 78.9 Å². The lowest BCUT2D eigenvalue weighted by Gasteiger charge is -2.18. The van der Waals surface area contributed by atoms with Gasteiger partial charge in [0.05, 0.1) is 0 Å². The van der Waals surface area contributed by atoms with Crippen LogP contribution in [0, 0.1) is 0 Å². The quantitative estimate of drug-likeness (QED) is 0.0261. The van der Waals surface area contributed by atoms with Crippen LogP contribution >= 0.6 is 0 Å². The lowest BCUT2D eigenvalue weighted by atomic mass is 10.0. The molecular weight excluding hydrogens is 877 g/mol. The largest absolute Gasteiger partial charge is 0.462 e. The van der Waals surface area contributed by atoms with Crippen molar-refractivity contribution in [2.75, 3.05) is 13.2 Å². The molecule has 414 valence electrons. The summed E-state index contributed by atoms with van der Waals surface area (Å²) in [6, 6.07) is 0. The molecule has 0 radical (unpaired) electrons. The molecule has 0 rings (SSSR count). The highest BCUT2D eigenvalue weighted by molar-refractivity contribution is 5.71. The van der Waals surface area contributed by atoms with Crippen molar-refractivity contribution in [1.29, 1.82) is 0 Å². The van der Waals surface area contributed by atoms with Crippen LogP contribution < -0.4 is 0 Å². The number of carbonyl (C=O) groups excluding carboxylic acids is 3. The smallest absolute Gasteiger partial charge is 0.306 e. The highest BCUT2D eigenvalue weighted by Gasteiger charge is 2.19. The van der Waals surface area contributed by atoms with Gasteiger partial charge in [-0.2, -0.15) is 0 Å². The van der Waals surface area contributed by atoms with Gasteiger partial charge in [0.25, 0.3) is 0 Å². The van der Waals surface area contributed by atoms with Crippen molar-refractivity contribution in [2.45, 2.75) is 335 Å². The third-order valence-electron chi connectivity index (χ3n) is 13.8. The van der Waals surface area contributed by atoms with E-state index in [-0.39, 0.29) is 31.1 Å². The third kappa shape index (κ3) is 58.1. The summed E-state index contributed by atoms with van der Waals surface area (Å²) < 4.78 is 16.7. The Morgan fingerprint density at radius 1 is 0.282 bits per heavy atom. The lowest BCUT2D eigenvalue weighted by molar-refractivity contribution is -0.167. The molecule has 0 heterocycles. The number of esters is 3. The maximum atomic E-state index is 12.8. The summed E-state index contributed by atoms with van der Waals surface area (Å²) in [5.74, 6) is -0.889. The van der Waals surface area contributed by atoms with Gasteiger partial charge in [-0.15, -0.1) is 0 Å². The normalized spacial score (nSPS) is 12.3. The van der Waals surface area contributed by atoms with E-state index >= 15 is 0 Å². The van der Waals surface area contributed by atoms with Crippen molar-refractivity contribution in [1.82, 2.24) is 0 Å². The van der Waals surface area contributed by atoms with Gasteiger partial charge in [0.2, 0.25) is 0 Å². The molecule has 0 aromatic heterocycles. The fraction of sp³-hybridized carbons (Fsp3) is 0.831. The van der Waals surface area contributed by atoms with Gasteiger partial charge in [0.1, 0.15) is 13.2 Å². The molecule has 0 bridgehead atoms. The highest BCUT2D eigenvalue weighted by Crippen LogP contribution is 2.17. The maximum absolute atomic E-state index is 12.8. The first-order valence-corrected chi connectivity index (χ1v) is 31.1. The zero-order chi connectivity index (χ0) is 51.4. The van der Waals surface area contributed by atoms with Gasteiger partial charge in [-0.3, -0.25) is 14.4 Å². The minimum absolute atomic E-state index is 0.0760. The summed E-state index contributed by atoms with van der Waals surface area (Å²) in [4.78, 5) is 37.8. The molecule has 0 N–H and O–H groups in total. The van der Waals surface area contributed by atoms with Crippen molar-refractivity contribution in [2.24, 2.45) is 0 Å². The average Bonchev–Trinajstić information content (AvgIpc) is 3.37. The molecule has 1 unspecified atom stereocenters. The van der Waals surface area contributed by atoms with Crippen molar-refractivity contribution in [3.05, 3.63) is 48.6 Å². The van der Waals surface area contributed by atoms with Crippen LogP contribution in [0.1, 0.15) is 329 Å². The molecular formula is C65H118O6. The number of ether oxygens (including phenoxy) is 3. The van der Waals surface area contributed by atoms with Gasteiger partial charge >= 0.3 is 17.9 Å². The van der Waals surface area contributed by atoms with Crippen LogP contribution in [0.3, 0.4) is 0 Å². The Kier molecular flexibility index (Phi) is 57.7. The van der Waals surface area contributed by atoms with Gasteiger partial charge in [-0.25, -0.2) is 0 Å². The Labute approximate surface area is 441 Å². The Balaban J connectivity index is 3.99. The summed E-state index contributed by atoms with van der Waals surface area (Å²) in [7, 11) is 0. The first-order valence-electron chi connectivity index (χ1n) is 31.1. The summed E-state index contributed by atoms with van der Waals surface area (Å²) in [6.45, 7) is 6.55. The lowest BCUT2D eigenvalue weighted by Crippen LogP contribution is -2.30. The Hall–Kier alpha value is -2.63. The van der Waals surface area contributed by atoms with Crippen LogP contribution in [0.4, 0.5) is 0 Å². The first kappa shape index (κ1) is 68.4. The van der Waals surface area contributed by atoms with Crippen LogP contribution in [0.5, 0.6) is 0 Å². The van der Waals surface area contributed by atoms with Gasteiger partial charge in [0, 0.05) is 19.3 Å². The van der Waals surface area contributed by atoms with Gasteiger partial charge in [-0.1, -0.05) is 275 Å². The van der Waals surface area contributed by atoms with Crippen molar-refractivity contribution in [3.8, 4) is 0 Å². The summed E-state index contributed by atoms with van der Waals surface area (Å²) in [5.41, 5.74) is 0. The van der Waals surface area contributed by atoms with E-state index in [4.69, 9.17) is 14.2 Å². The van der Waals surface area contributed by atoms with Crippen LogP contribution in [-0.4, -0.2) is 37.2 Å². The number of hydrogen-bond donors (Lipinski definition) is 0. The third-order valence-corrected chi connectivity index (χ3v) is 13.8. The fourth-order valence-electron chi connectivity index (χ4n) is 9.09. The summed E-state index contributed by atoms with van der Waals surface area (Å²) in [6.07, 6.45) is 74.6. The average molecular weight is 996 g/mol. The molecule has 0 spiro atoms. The number of hydrogen-bond acceptors (Lipinski definition) is 6. The van der Waals surface area contributed by atoms with Crippen molar-refractivity contribution < 1.29 is 28.6 Å². The summed E-state index contributed by atoms with van der Waals surface area (Å²) in [5, 5.41) is 0. The van der Waals surface area contributed by atoms with E-state index in [2.05, 4.69) is 69.4 Å². The highest BCUT2D eigenvalue weighted by atomic mass is 16.6. The second-order valence-electron chi connectivity index (χ2n) is 21.0. The van der Waals surface area contributed by atoms with E-state index in [0.29, 0.717) is 19.3 Å². The second-order valence-corrected chi connectivity index (χ2v) is 21.0. The number of allylic oxidation sites excluding steroid dienone is 8. The van der Waals surface area contributed by atoms with Crippen molar-refractivity contribution >= 4 is 17.9 Å². The predicted octanol–water partition coefficient (Wildman–Crippen LogP) is 21.0. The molecule has 0 aliphatic rings. The number of unbranched alkanes of at least 4 members (excludes halogenated alkanes) is 38. The summed E-state index contributed by atoms with van der Waals surface area (Å²) >= 11 is 0. The van der Waals surface area contributed by atoms with E-state index in [0.717, 1.165) is 83.5 Å². The Morgan fingerprint density at radius 3 is 0.831 bits per heavy atom. The van der Waals surface area contributed by atoms with Gasteiger partial charge < -0.3 is 14.2 Å². The fourth-order valence-corrected chi connectivity index (χ4v) is 9.09. The molecule has 0 aromatic rings. The molecule has 71 heavy (non-hydrogen) atoms. The Morgan fingerprint density at radius 2 is 0.507 bits per heavy atom.